The molecule has 0 N–H and O–H groups in total. The van der Waals surface area contributed by atoms with E-state index in [2.05, 4.69) is 6.58 Å². The van der Waals surface area contributed by atoms with Crippen LogP contribution in [0.2, 0.25) is 0 Å². The highest BCUT2D eigenvalue weighted by molar-refractivity contribution is 5.87. The largest absolute Gasteiger partial charge is 0.466 e. The summed E-state index contributed by atoms with van der Waals surface area (Å²) < 4.78 is 26.0. The van der Waals surface area contributed by atoms with E-state index in [1.165, 1.54) is 32.1 Å². The molecule has 0 bridgehead atoms. The van der Waals surface area contributed by atoms with Gasteiger partial charge in [-0.25, -0.2) is 9.18 Å². The number of carbonyl (C=O) groups is 2. The molecule has 3 atom stereocenters. The molecule has 3 saturated carbocycles. The molecular formula is C28H45FO4. The predicted octanol–water partition coefficient (Wildman–Crippen LogP) is 6.96. The van der Waals surface area contributed by atoms with Crippen molar-refractivity contribution in [3.63, 3.8) is 0 Å². The van der Waals surface area contributed by atoms with Crippen molar-refractivity contribution in [1.82, 2.24) is 0 Å². The summed E-state index contributed by atoms with van der Waals surface area (Å²) in [7, 11) is 0. The second kappa shape index (κ2) is 12.9. The minimum atomic E-state index is -0.672. The third kappa shape index (κ3) is 7.82. The lowest BCUT2D eigenvalue weighted by molar-refractivity contribution is -0.146. The van der Waals surface area contributed by atoms with E-state index in [-0.39, 0.29) is 24.0 Å². The summed E-state index contributed by atoms with van der Waals surface area (Å²) in [6.45, 7) is 7.71. The van der Waals surface area contributed by atoms with Crippen LogP contribution in [0.5, 0.6) is 0 Å². The fraction of sp³-hybridized carbons (Fsp3) is 0.857. The molecule has 0 heterocycles. The Morgan fingerprint density at radius 2 is 1.55 bits per heavy atom. The fourth-order valence-electron chi connectivity index (χ4n) is 6.62. The van der Waals surface area contributed by atoms with Gasteiger partial charge in [0.25, 0.3) is 0 Å². The van der Waals surface area contributed by atoms with Crippen LogP contribution in [-0.4, -0.2) is 30.8 Å². The van der Waals surface area contributed by atoms with Crippen molar-refractivity contribution in [3.8, 4) is 0 Å². The summed E-state index contributed by atoms with van der Waals surface area (Å²) in [4.78, 5) is 23.0. The van der Waals surface area contributed by atoms with E-state index in [1.54, 1.807) is 6.92 Å². The predicted molar refractivity (Wildman–Crippen MR) is 128 cm³/mol. The minimum Gasteiger partial charge on any atom is -0.466 e. The van der Waals surface area contributed by atoms with E-state index in [9.17, 15) is 9.59 Å². The van der Waals surface area contributed by atoms with E-state index in [0.29, 0.717) is 36.4 Å². The molecule has 0 radical (unpaired) electrons. The number of rotatable bonds is 9. The van der Waals surface area contributed by atoms with Crippen LogP contribution >= 0.6 is 0 Å². The van der Waals surface area contributed by atoms with Gasteiger partial charge < -0.3 is 9.47 Å². The first-order chi connectivity index (χ1) is 15.9. The Balaban J connectivity index is 1.33. The number of carbonyl (C=O) groups excluding carboxylic acids is 2. The summed E-state index contributed by atoms with van der Waals surface area (Å²) in [6.07, 6.45) is 13.5. The number of ether oxygens (including phenoxy) is 2. The van der Waals surface area contributed by atoms with Crippen LogP contribution in [0.3, 0.4) is 0 Å². The smallest absolute Gasteiger partial charge is 0.333 e. The monoisotopic (exact) mass is 464 g/mol. The van der Waals surface area contributed by atoms with Gasteiger partial charge in [-0.1, -0.05) is 26.3 Å². The molecule has 5 heteroatoms. The molecule has 3 rings (SSSR count). The van der Waals surface area contributed by atoms with Gasteiger partial charge in [0.05, 0.1) is 6.61 Å². The molecule has 3 fully saturated rings. The van der Waals surface area contributed by atoms with Gasteiger partial charge in [-0.2, -0.15) is 0 Å². The number of alkyl halides is 1. The molecule has 3 aliphatic carbocycles. The van der Waals surface area contributed by atoms with E-state index >= 15 is 4.39 Å². The normalized spacial score (nSPS) is 34.9. The van der Waals surface area contributed by atoms with E-state index in [0.717, 1.165) is 57.3 Å². The summed E-state index contributed by atoms with van der Waals surface area (Å²) >= 11 is 0. The highest BCUT2D eigenvalue weighted by atomic mass is 19.1. The summed E-state index contributed by atoms with van der Waals surface area (Å²) in [5.74, 6) is 2.23. The van der Waals surface area contributed by atoms with Crippen LogP contribution in [0.4, 0.5) is 4.39 Å². The molecule has 0 aliphatic heterocycles. The number of hydrogen-bond donors (Lipinski definition) is 0. The summed E-state index contributed by atoms with van der Waals surface area (Å²) in [5.41, 5.74) is 0.450. The zero-order chi connectivity index (χ0) is 23.8. The lowest BCUT2D eigenvalue weighted by Crippen LogP contribution is -2.37. The topological polar surface area (TPSA) is 52.6 Å². The van der Waals surface area contributed by atoms with Gasteiger partial charge in [-0.3, -0.25) is 4.79 Å². The van der Waals surface area contributed by atoms with Crippen LogP contribution in [0.15, 0.2) is 12.2 Å². The molecule has 188 valence electrons. The van der Waals surface area contributed by atoms with Crippen molar-refractivity contribution in [3.05, 3.63) is 12.2 Å². The van der Waals surface area contributed by atoms with Gasteiger partial charge in [0.2, 0.25) is 0 Å². The summed E-state index contributed by atoms with van der Waals surface area (Å²) in [5, 5.41) is 0. The molecular weight excluding hydrogens is 419 g/mol. The molecule has 4 nitrogen and oxygen atoms in total. The minimum absolute atomic E-state index is 0.0197. The second-order valence-electron chi connectivity index (χ2n) is 11.0. The maximum absolute atomic E-state index is 15.3. The van der Waals surface area contributed by atoms with Crippen LogP contribution in [-0.2, 0) is 19.1 Å². The zero-order valence-electron chi connectivity index (χ0n) is 20.9. The Morgan fingerprint density at radius 1 is 0.909 bits per heavy atom. The molecule has 33 heavy (non-hydrogen) atoms. The first-order valence-corrected chi connectivity index (χ1v) is 13.5. The lowest BCUT2D eigenvalue weighted by atomic mass is 9.64. The van der Waals surface area contributed by atoms with Crippen molar-refractivity contribution < 1.29 is 23.5 Å². The van der Waals surface area contributed by atoms with E-state index in [4.69, 9.17) is 9.47 Å². The zero-order valence-corrected chi connectivity index (χ0v) is 20.9. The van der Waals surface area contributed by atoms with Gasteiger partial charge in [0.1, 0.15) is 12.3 Å². The third-order valence-corrected chi connectivity index (χ3v) is 8.68. The van der Waals surface area contributed by atoms with E-state index < -0.39 is 6.17 Å². The van der Waals surface area contributed by atoms with Crippen molar-refractivity contribution in [2.24, 2.45) is 29.6 Å². The number of halogens is 1. The average molecular weight is 465 g/mol. The Labute approximate surface area is 200 Å². The van der Waals surface area contributed by atoms with Gasteiger partial charge in [-0.15, -0.1) is 0 Å². The van der Waals surface area contributed by atoms with Gasteiger partial charge in [0.15, 0.2) is 0 Å². The molecule has 3 unspecified atom stereocenters. The first kappa shape index (κ1) is 26.2. The van der Waals surface area contributed by atoms with E-state index in [1.807, 2.05) is 6.92 Å². The highest BCUT2D eigenvalue weighted by Gasteiger charge is 2.40. The molecule has 0 aromatic heterocycles. The SMILES string of the molecule is C=C(C)C(=O)OC1CCC(C2CCC(C3CCC(CCCOC(=O)CC)CC3)CC2F)CC1. The standard InChI is InChI=1S/C28H45FO4/c1-4-27(30)32-17-5-6-20-7-9-21(10-8-20)23-13-16-25(26(29)18-23)22-11-14-24(15-12-22)33-28(31)19(2)3/h20-26H,2,4-18H2,1,3H3. The van der Waals surface area contributed by atoms with Crippen molar-refractivity contribution in [1.29, 1.82) is 0 Å². The lowest BCUT2D eigenvalue weighted by Gasteiger charge is -2.43. The van der Waals surface area contributed by atoms with Crippen LogP contribution < -0.4 is 0 Å². The first-order valence-electron chi connectivity index (χ1n) is 13.5. The Hall–Kier alpha value is -1.39. The molecule has 0 aromatic rings. The highest BCUT2D eigenvalue weighted by Crippen LogP contribution is 2.47. The van der Waals surface area contributed by atoms with Gasteiger partial charge >= 0.3 is 11.9 Å². The number of hydrogen-bond acceptors (Lipinski definition) is 4. The second-order valence-corrected chi connectivity index (χ2v) is 11.0. The molecule has 0 spiro atoms. The van der Waals surface area contributed by atoms with Crippen molar-refractivity contribution in [2.75, 3.05) is 6.61 Å². The van der Waals surface area contributed by atoms with Crippen LogP contribution in [0, 0.1) is 29.6 Å². The molecule has 0 amide bonds. The fourth-order valence-corrected chi connectivity index (χ4v) is 6.62. The number of esters is 2. The van der Waals surface area contributed by atoms with Gasteiger partial charge in [-0.05, 0) is 107 Å². The Morgan fingerprint density at radius 3 is 2.15 bits per heavy atom. The van der Waals surface area contributed by atoms with Crippen LogP contribution in [0.1, 0.15) is 104 Å². The summed E-state index contributed by atoms with van der Waals surface area (Å²) in [6, 6.07) is 0. The van der Waals surface area contributed by atoms with Crippen LogP contribution in [0.25, 0.3) is 0 Å². The van der Waals surface area contributed by atoms with Gasteiger partial charge in [0, 0.05) is 12.0 Å². The molecule has 3 aliphatic rings. The van der Waals surface area contributed by atoms with Crippen molar-refractivity contribution >= 4 is 11.9 Å². The average Bonchev–Trinajstić information content (AvgIpc) is 2.82. The Kier molecular flexibility index (Phi) is 10.2. The third-order valence-electron chi connectivity index (χ3n) is 8.68. The molecule has 0 aromatic carbocycles. The molecule has 0 saturated heterocycles. The maximum atomic E-state index is 15.3. The maximum Gasteiger partial charge on any atom is 0.333 e. The van der Waals surface area contributed by atoms with Crippen molar-refractivity contribution in [2.45, 2.75) is 116 Å². The quantitative estimate of drug-likeness (QED) is 0.210. The Bertz CT molecular complexity index is 646.